The molecular weight excluding hydrogens is 164 g/mol. The largest absolute Gasteiger partial charge is 0.384 e. The van der Waals surface area contributed by atoms with Crippen LogP contribution in [0.2, 0.25) is 0 Å². The molecule has 3 nitrogen and oxygen atoms in total. The van der Waals surface area contributed by atoms with Crippen LogP contribution >= 0.6 is 0 Å². The predicted octanol–water partition coefficient (Wildman–Crippen LogP) is 0.564. The quantitative estimate of drug-likeness (QED) is 0.660. The van der Waals surface area contributed by atoms with Gasteiger partial charge in [-0.15, -0.1) is 0 Å². The van der Waals surface area contributed by atoms with Crippen LogP contribution in [0.1, 0.15) is 24.1 Å². The minimum absolute atomic E-state index is 0.283. The second-order valence-electron chi connectivity index (χ2n) is 3.59. The molecule has 0 radical (unpaired) electrons. The molecule has 70 valence electrons. The molecule has 0 aromatic carbocycles. The lowest BCUT2D eigenvalue weighted by Crippen LogP contribution is -2.38. The third kappa shape index (κ3) is 1.34. The van der Waals surface area contributed by atoms with Crippen LogP contribution in [0.15, 0.2) is 18.3 Å². The van der Waals surface area contributed by atoms with E-state index in [2.05, 4.69) is 4.98 Å². The monoisotopic (exact) mass is 178 g/mol. The van der Waals surface area contributed by atoms with Gasteiger partial charge in [-0.25, -0.2) is 0 Å². The molecular formula is C10H14N2O. The van der Waals surface area contributed by atoms with Crippen LogP contribution in [-0.2, 0) is 12.0 Å². The van der Waals surface area contributed by atoms with Gasteiger partial charge in [0.1, 0.15) is 5.60 Å². The average Bonchev–Trinajstić information content (AvgIpc) is 2.19. The summed E-state index contributed by atoms with van der Waals surface area (Å²) in [7, 11) is 0. The first kappa shape index (κ1) is 8.66. The van der Waals surface area contributed by atoms with Crippen molar-refractivity contribution >= 4 is 0 Å². The Balaban J connectivity index is 2.48. The molecule has 1 aliphatic rings. The fraction of sp³-hybridized carbons (Fsp3) is 0.500. The van der Waals surface area contributed by atoms with Gasteiger partial charge in [-0.3, -0.25) is 4.98 Å². The van der Waals surface area contributed by atoms with E-state index in [1.54, 1.807) is 6.20 Å². The average molecular weight is 178 g/mol. The number of pyridine rings is 1. The van der Waals surface area contributed by atoms with E-state index >= 15 is 0 Å². The maximum atomic E-state index is 10.2. The molecule has 3 heteroatoms. The summed E-state index contributed by atoms with van der Waals surface area (Å²) < 4.78 is 0. The van der Waals surface area contributed by atoms with Crippen LogP contribution in [0, 0.1) is 0 Å². The van der Waals surface area contributed by atoms with Gasteiger partial charge in [-0.1, -0.05) is 6.07 Å². The molecule has 1 unspecified atom stereocenters. The number of hydrogen-bond donors (Lipinski definition) is 2. The highest BCUT2D eigenvalue weighted by molar-refractivity contribution is 5.29. The van der Waals surface area contributed by atoms with Gasteiger partial charge in [0.25, 0.3) is 0 Å². The van der Waals surface area contributed by atoms with E-state index in [1.165, 1.54) is 0 Å². The Morgan fingerprint density at radius 2 is 2.46 bits per heavy atom. The van der Waals surface area contributed by atoms with Gasteiger partial charge in [0, 0.05) is 24.0 Å². The molecule has 0 fully saturated rings. The summed E-state index contributed by atoms with van der Waals surface area (Å²) in [6, 6.07) is 3.78. The van der Waals surface area contributed by atoms with Crippen molar-refractivity contribution in [3.63, 3.8) is 0 Å². The third-order valence-electron chi connectivity index (χ3n) is 2.73. The van der Waals surface area contributed by atoms with E-state index < -0.39 is 5.60 Å². The van der Waals surface area contributed by atoms with Crippen molar-refractivity contribution in [2.75, 3.05) is 6.54 Å². The summed E-state index contributed by atoms with van der Waals surface area (Å²) in [5.41, 5.74) is 6.66. The van der Waals surface area contributed by atoms with Crippen molar-refractivity contribution in [3.8, 4) is 0 Å². The van der Waals surface area contributed by atoms with E-state index in [0.29, 0.717) is 0 Å². The molecule has 1 aliphatic carbocycles. The first-order chi connectivity index (χ1) is 6.26. The number of rotatable bonds is 1. The fourth-order valence-electron chi connectivity index (χ4n) is 1.96. The normalized spacial score (nSPS) is 26.9. The van der Waals surface area contributed by atoms with E-state index in [9.17, 15) is 5.11 Å². The van der Waals surface area contributed by atoms with Crippen molar-refractivity contribution in [3.05, 3.63) is 29.6 Å². The Bertz CT molecular complexity index is 314. The number of aryl methyl sites for hydroxylation is 1. The van der Waals surface area contributed by atoms with Gasteiger partial charge < -0.3 is 10.8 Å². The van der Waals surface area contributed by atoms with Gasteiger partial charge in [-0.2, -0.15) is 0 Å². The molecule has 13 heavy (non-hydrogen) atoms. The zero-order valence-corrected chi connectivity index (χ0v) is 7.53. The van der Waals surface area contributed by atoms with Crippen LogP contribution in [0.25, 0.3) is 0 Å². The van der Waals surface area contributed by atoms with Gasteiger partial charge in [0.15, 0.2) is 0 Å². The lowest BCUT2D eigenvalue weighted by molar-refractivity contribution is 0.0272. The zero-order valence-electron chi connectivity index (χ0n) is 7.53. The molecule has 0 spiro atoms. The van der Waals surface area contributed by atoms with Crippen LogP contribution < -0.4 is 5.73 Å². The predicted molar refractivity (Wildman–Crippen MR) is 50.1 cm³/mol. The maximum absolute atomic E-state index is 10.2. The highest BCUT2D eigenvalue weighted by Crippen LogP contribution is 2.32. The van der Waals surface area contributed by atoms with Crippen molar-refractivity contribution in [2.24, 2.45) is 5.73 Å². The van der Waals surface area contributed by atoms with Crippen molar-refractivity contribution in [1.82, 2.24) is 4.98 Å². The van der Waals surface area contributed by atoms with Crippen LogP contribution in [0.5, 0.6) is 0 Å². The number of fused-ring (bicyclic) bond motifs is 1. The molecule has 1 aromatic rings. The highest BCUT2D eigenvalue weighted by Gasteiger charge is 2.33. The smallest absolute Gasteiger partial charge is 0.104 e. The molecule has 0 saturated carbocycles. The van der Waals surface area contributed by atoms with Gasteiger partial charge in [-0.05, 0) is 25.3 Å². The number of aromatic nitrogens is 1. The summed E-state index contributed by atoms with van der Waals surface area (Å²) in [4.78, 5) is 4.25. The van der Waals surface area contributed by atoms with Crippen molar-refractivity contribution < 1.29 is 5.11 Å². The van der Waals surface area contributed by atoms with E-state index in [1.807, 2.05) is 12.1 Å². The Morgan fingerprint density at radius 1 is 1.62 bits per heavy atom. The van der Waals surface area contributed by atoms with Crippen LogP contribution in [0.3, 0.4) is 0 Å². The number of aliphatic hydroxyl groups is 1. The van der Waals surface area contributed by atoms with Crippen LogP contribution in [-0.4, -0.2) is 16.6 Å². The van der Waals surface area contributed by atoms with Gasteiger partial charge in [0.2, 0.25) is 0 Å². The summed E-state index contributed by atoms with van der Waals surface area (Å²) in [5, 5.41) is 10.2. The molecule has 2 rings (SSSR count). The number of hydrogen-bond acceptors (Lipinski definition) is 3. The Hall–Kier alpha value is -0.930. The zero-order chi connectivity index (χ0) is 9.31. The SMILES string of the molecule is NCC1(O)CCCc2ncccc21. The Labute approximate surface area is 77.6 Å². The summed E-state index contributed by atoms with van der Waals surface area (Å²) in [6.07, 6.45) is 4.44. The van der Waals surface area contributed by atoms with E-state index in [4.69, 9.17) is 5.73 Å². The summed E-state index contributed by atoms with van der Waals surface area (Å²) >= 11 is 0. The molecule has 1 atom stereocenters. The summed E-state index contributed by atoms with van der Waals surface area (Å²) in [5.74, 6) is 0. The van der Waals surface area contributed by atoms with Crippen molar-refractivity contribution in [2.45, 2.75) is 24.9 Å². The standard InChI is InChI=1S/C10H14N2O/c11-7-10(13)5-1-4-9-8(10)3-2-6-12-9/h2-3,6,13H,1,4-5,7,11H2. The second-order valence-corrected chi connectivity index (χ2v) is 3.59. The first-order valence-corrected chi connectivity index (χ1v) is 4.63. The van der Waals surface area contributed by atoms with Crippen LogP contribution in [0.4, 0.5) is 0 Å². The fourth-order valence-corrected chi connectivity index (χ4v) is 1.96. The molecule has 0 saturated heterocycles. The molecule has 1 aromatic heterocycles. The topological polar surface area (TPSA) is 59.1 Å². The van der Waals surface area contributed by atoms with Gasteiger partial charge in [0.05, 0.1) is 0 Å². The molecule has 0 aliphatic heterocycles. The lowest BCUT2D eigenvalue weighted by Gasteiger charge is -2.32. The maximum Gasteiger partial charge on any atom is 0.104 e. The van der Waals surface area contributed by atoms with Crippen molar-refractivity contribution in [1.29, 1.82) is 0 Å². The second kappa shape index (κ2) is 3.09. The first-order valence-electron chi connectivity index (χ1n) is 4.63. The molecule has 3 N–H and O–H groups in total. The Kier molecular flexibility index (Phi) is 2.06. The van der Waals surface area contributed by atoms with E-state index in [-0.39, 0.29) is 6.54 Å². The minimum Gasteiger partial charge on any atom is -0.384 e. The molecule has 0 bridgehead atoms. The number of nitrogens with zero attached hydrogens (tertiary/aromatic N) is 1. The minimum atomic E-state index is -0.832. The lowest BCUT2D eigenvalue weighted by atomic mass is 9.82. The summed E-state index contributed by atoms with van der Waals surface area (Å²) in [6.45, 7) is 0.283. The molecule has 1 heterocycles. The number of nitrogens with two attached hydrogens (primary N) is 1. The third-order valence-corrected chi connectivity index (χ3v) is 2.73. The van der Waals surface area contributed by atoms with E-state index in [0.717, 1.165) is 30.5 Å². The van der Waals surface area contributed by atoms with Gasteiger partial charge >= 0.3 is 0 Å². The Morgan fingerprint density at radius 3 is 3.23 bits per heavy atom. The highest BCUT2D eigenvalue weighted by atomic mass is 16.3. The molecule has 0 amide bonds.